The number of likely N-dealkylation sites (tertiary alicyclic amines) is 1. The molecule has 0 atom stereocenters. The van der Waals surface area contributed by atoms with Gasteiger partial charge in [-0.05, 0) is 19.0 Å². The highest BCUT2D eigenvalue weighted by Gasteiger charge is 2.14. The van der Waals surface area contributed by atoms with Gasteiger partial charge in [-0.2, -0.15) is 0 Å². The number of aldehydes is 1. The molecule has 0 aliphatic carbocycles. The molecule has 1 heterocycles. The maximum absolute atomic E-state index is 10.3. The summed E-state index contributed by atoms with van der Waals surface area (Å²) in [6.45, 7) is 5.66. The second-order valence-electron chi connectivity index (χ2n) is 2.69. The van der Waals surface area contributed by atoms with Gasteiger partial charge in [-0.25, -0.2) is 0 Å². The SMILES string of the molecule is C=CN1CCC(C=O)CC1. The molecule has 10 heavy (non-hydrogen) atoms. The van der Waals surface area contributed by atoms with E-state index in [4.69, 9.17) is 0 Å². The van der Waals surface area contributed by atoms with Crippen LogP contribution in [0.4, 0.5) is 0 Å². The minimum Gasteiger partial charge on any atom is -0.378 e. The van der Waals surface area contributed by atoms with Crippen LogP contribution >= 0.6 is 0 Å². The highest BCUT2D eigenvalue weighted by Crippen LogP contribution is 2.14. The average molecular weight is 139 g/mol. The summed E-state index contributed by atoms with van der Waals surface area (Å²) in [4.78, 5) is 12.5. The molecule has 0 aromatic rings. The largest absolute Gasteiger partial charge is 0.378 e. The second-order valence-corrected chi connectivity index (χ2v) is 2.69. The van der Waals surface area contributed by atoms with Gasteiger partial charge in [0.25, 0.3) is 0 Å². The fourth-order valence-electron chi connectivity index (χ4n) is 1.24. The molecule has 0 unspecified atom stereocenters. The number of nitrogens with zero attached hydrogens (tertiary/aromatic N) is 1. The van der Waals surface area contributed by atoms with E-state index in [1.54, 1.807) is 0 Å². The predicted molar refractivity (Wildman–Crippen MR) is 40.6 cm³/mol. The normalized spacial score (nSPS) is 20.6. The molecule has 0 radical (unpaired) electrons. The van der Waals surface area contributed by atoms with Crippen LogP contribution in [0.3, 0.4) is 0 Å². The van der Waals surface area contributed by atoms with Gasteiger partial charge in [0.05, 0.1) is 0 Å². The summed E-state index contributed by atoms with van der Waals surface area (Å²) in [6.07, 6.45) is 4.91. The van der Waals surface area contributed by atoms with Gasteiger partial charge in [-0.3, -0.25) is 0 Å². The molecule has 0 spiro atoms. The minimum absolute atomic E-state index is 0.302. The summed E-state index contributed by atoms with van der Waals surface area (Å²) in [5, 5.41) is 0. The fourth-order valence-corrected chi connectivity index (χ4v) is 1.24. The predicted octanol–water partition coefficient (Wildman–Crippen LogP) is 1.04. The maximum atomic E-state index is 10.3. The standard InChI is InChI=1S/C8H13NO/c1-2-9-5-3-8(7-10)4-6-9/h2,7-8H,1,3-6H2. The Morgan fingerprint density at radius 2 is 2.00 bits per heavy atom. The zero-order valence-electron chi connectivity index (χ0n) is 6.12. The lowest BCUT2D eigenvalue weighted by Crippen LogP contribution is -2.29. The van der Waals surface area contributed by atoms with Crippen molar-refractivity contribution in [3.63, 3.8) is 0 Å². The first-order valence-corrected chi connectivity index (χ1v) is 3.68. The van der Waals surface area contributed by atoms with E-state index in [0.717, 1.165) is 32.2 Å². The molecule has 1 fully saturated rings. The van der Waals surface area contributed by atoms with Crippen LogP contribution in [-0.2, 0) is 4.79 Å². The van der Waals surface area contributed by atoms with Crippen molar-refractivity contribution in [2.45, 2.75) is 12.8 Å². The van der Waals surface area contributed by atoms with E-state index in [2.05, 4.69) is 11.5 Å². The Labute approximate surface area is 61.5 Å². The monoisotopic (exact) mass is 139 g/mol. The van der Waals surface area contributed by atoms with Gasteiger partial charge in [0.1, 0.15) is 6.29 Å². The zero-order chi connectivity index (χ0) is 7.40. The molecule has 1 rings (SSSR count). The van der Waals surface area contributed by atoms with Crippen molar-refractivity contribution < 1.29 is 4.79 Å². The molecule has 0 N–H and O–H groups in total. The molecule has 0 amide bonds. The van der Waals surface area contributed by atoms with Crippen molar-refractivity contribution >= 4 is 6.29 Å². The summed E-state index contributed by atoms with van der Waals surface area (Å²) in [7, 11) is 0. The van der Waals surface area contributed by atoms with E-state index in [0.29, 0.717) is 5.92 Å². The lowest BCUT2D eigenvalue weighted by Gasteiger charge is -2.27. The zero-order valence-corrected chi connectivity index (χ0v) is 6.12. The molecular weight excluding hydrogens is 126 g/mol. The van der Waals surface area contributed by atoms with Crippen molar-refractivity contribution in [1.82, 2.24) is 4.90 Å². The third-order valence-corrected chi connectivity index (χ3v) is 2.02. The van der Waals surface area contributed by atoms with E-state index in [1.165, 1.54) is 0 Å². The number of hydrogen-bond donors (Lipinski definition) is 0. The van der Waals surface area contributed by atoms with Gasteiger partial charge in [0.15, 0.2) is 0 Å². The van der Waals surface area contributed by atoms with Crippen molar-refractivity contribution in [3.05, 3.63) is 12.8 Å². The summed E-state index contributed by atoms with van der Waals surface area (Å²) in [6, 6.07) is 0. The van der Waals surface area contributed by atoms with Crippen LogP contribution in [0.1, 0.15) is 12.8 Å². The molecule has 1 aliphatic rings. The lowest BCUT2D eigenvalue weighted by molar-refractivity contribution is -0.112. The summed E-state index contributed by atoms with van der Waals surface area (Å²) >= 11 is 0. The lowest BCUT2D eigenvalue weighted by atomic mass is 9.99. The second kappa shape index (κ2) is 3.40. The van der Waals surface area contributed by atoms with E-state index in [-0.39, 0.29) is 0 Å². The van der Waals surface area contributed by atoms with Crippen molar-refractivity contribution in [2.24, 2.45) is 5.92 Å². The van der Waals surface area contributed by atoms with Gasteiger partial charge in [-0.15, -0.1) is 0 Å². The fraction of sp³-hybridized carbons (Fsp3) is 0.625. The Hall–Kier alpha value is -0.790. The first-order valence-electron chi connectivity index (χ1n) is 3.68. The van der Waals surface area contributed by atoms with Gasteiger partial charge in [0, 0.05) is 19.0 Å². The number of piperidine rings is 1. The molecule has 1 saturated heterocycles. The van der Waals surface area contributed by atoms with Crippen molar-refractivity contribution in [3.8, 4) is 0 Å². The van der Waals surface area contributed by atoms with Crippen LogP contribution in [0, 0.1) is 5.92 Å². The van der Waals surface area contributed by atoms with Crippen molar-refractivity contribution in [2.75, 3.05) is 13.1 Å². The molecular formula is C8H13NO. The van der Waals surface area contributed by atoms with Crippen molar-refractivity contribution in [1.29, 1.82) is 0 Å². The Balaban J connectivity index is 2.30. The quantitative estimate of drug-likeness (QED) is 0.533. The molecule has 1 aliphatic heterocycles. The Morgan fingerprint density at radius 3 is 2.40 bits per heavy atom. The number of rotatable bonds is 2. The number of carbonyl (C=O) groups is 1. The number of carbonyl (C=O) groups excluding carboxylic acids is 1. The van der Waals surface area contributed by atoms with Gasteiger partial charge >= 0.3 is 0 Å². The maximum Gasteiger partial charge on any atom is 0.123 e. The molecule has 0 saturated carbocycles. The van der Waals surface area contributed by atoms with Gasteiger partial charge in [-0.1, -0.05) is 6.58 Å². The Morgan fingerprint density at radius 1 is 1.40 bits per heavy atom. The summed E-state index contributed by atoms with van der Waals surface area (Å²) < 4.78 is 0. The first-order chi connectivity index (χ1) is 4.86. The average Bonchev–Trinajstić information content (AvgIpc) is 2.05. The highest BCUT2D eigenvalue weighted by atomic mass is 16.1. The van der Waals surface area contributed by atoms with Gasteiger partial charge < -0.3 is 9.69 Å². The summed E-state index contributed by atoms with van der Waals surface area (Å²) in [5.41, 5.74) is 0. The third-order valence-electron chi connectivity index (χ3n) is 2.02. The third kappa shape index (κ3) is 1.59. The Bertz CT molecular complexity index is 109. The highest BCUT2D eigenvalue weighted by molar-refractivity contribution is 5.53. The van der Waals surface area contributed by atoms with Crippen LogP contribution in [0.25, 0.3) is 0 Å². The van der Waals surface area contributed by atoms with Crippen LogP contribution in [0.15, 0.2) is 12.8 Å². The van der Waals surface area contributed by atoms with Crippen LogP contribution in [0.5, 0.6) is 0 Å². The minimum atomic E-state index is 0.302. The first kappa shape index (κ1) is 7.32. The smallest absolute Gasteiger partial charge is 0.123 e. The van der Waals surface area contributed by atoms with Crippen LogP contribution in [-0.4, -0.2) is 24.3 Å². The Kier molecular flexibility index (Phi) is 2.49. The number of hydrogen-bond acceptors (Lipinski definition) is 2. The van der Waals surface area contributed by atoms with E-state index in [9.17, 15) is 4.79 Å². The van der Waals surface area contributed by atoms with Gasteiger partial charge in [0.2, 0.25) is 0 Å². The molecule has 0 aromatic carbocycles. The van der Waals surface area contributed by atoms with E-state index >= 15 is 0 Å². The molecule has 56 valence electrons. The summed E-state index contributed by atoms with van der Waals surface area (Å²) in [5.74, 6) is 0.302. The van der Waals surface area contributed by atoms with Crippen LogP contribution < -0.4 is 0 Å². The molecule has 2 heteroatoms. The molecule has 0 bridgehead atoms. The topological polar surface area (TPSA) is 20.3 Å². The van der Waals surface area contributed by atoms with E-state index in [1.807, 2.05) is 6.20 Å². The van der Waals surface area contributed by atoms with E-state index < -0.39 is 0 Å². The molecule has 2 nitrogen and oxygen atoms in total. The van der Waals surface area contributed by atoms with Crippen LogP contribution in [0.2, 0.25) is 0 Å². The molecule has 0 aromatic heterocycles.